The standard InChI is InChI=1S/C26H24/c1-25(2)21-13-17-9-5-7-11-19(17)15-23(21)26(3,4)24-16-20-12-8-6-10-18(20)14-22(24)25/h5-16H,1-4H3. The average molecular weight is 336 g/mol. The molecule has 4 aromatic rings. The molecular weight excluding hydrogens is 312 g/mol. The Balaban J connectivity index is 1.91. The third kappa shape index (κ3) is 1.96. The van der Waals surface area contributed by atoms with E-state index in [0.29, 0.717) is 0 Å². The summed E-state index contributed by atoms with van der Waals surface area (Å²) in [6.07, 6.45) is 0. The highest BCUT2D eigenvalue weighted by atomic mass is 14.4. The Labute approximate surface area is 155 Å². The van der Waals surface area contributed by atoms with Crippen LogP contribution in [0.2, 0.25) is 0 Å². The first-order chi connectivity index (χ1) is 12.4. The van der Waals surface area contributed by atoms with Gasteiger partial charge in [0, 0.05) is 10.8 Å². The molecule has 0 saturated carbocycles. The molecule has 0 spiro atoms. The second kappa shape index (κ2) is 4.98. The number of rotatable bonds is 0. The lowest BCUT2D eigenvalue weighted by Crippen LogP contribution is -2.36. The quantitative estimate of drug-likeness (QED) is 0.325. The van der Waals surface area contributed by atoms with E-state index in [9.17, 15) is 0 Å². The number of hydrogen-bond acceptors (Lipinski definition) is 0. The highest BCUT2D eigenvalue weighted by Crippen LogP contribution is 2.51. The smallest absolute Gasteiger partial charge is 0.0153 e. The fourth-order valence-corrected chi connectivity index (χ4v) is 4.84. The number of fused-ring (bicyclic) bond motifs is 4. The van der Waals surface area contributed by atoms with Crippen molar-refractivity contribution in [2.45, 2.75) is 38.5 Å². The van der Waals surface area contributed by atoms with Crippen molar-refractivity contribution in [1.82, 2.24) is 0 Å². The lowest BCUT2D eigenvalue weighted by molar-refractivity contribution is 0.523. The molecule has 1 aliphatic carbocycles. The summed E-state index contributed by atoms with van der Waals surface area (Å²) in [5.74, 6) is 0. The topological polar surface area (TPSA) is 0 Å². The van der Waals surface area contributed by atoms with E-state index >= 15 is 0 Å². The zero-order valence-corrected chi connectivity index (χ0v) is 15.9. The van der Waals surface area contributed by atoms with Gasteiger partial charge in [0.15, 0.2) is 0 Å². The second-order valence-electron chi connectivity index (χ2n) is 8.74. The largest absolute Gasteiger partial charge is 0.0616 e. The second-order valence-corrected chi connectivity index (χ2v) is 8.74. The molecule has 5 rings (SSSR count). The van der Waals surface area contributed by atoms with Crippen LogP contribution in [0.25, 0.3) is 21.5 Å². The van der Waals surface area contributed by atoms with E-state index in [1.807, 2.05) is 0 Å². The molecule has 0 N–H and O–H groups in total. The van der Waals surface area contributed by atoms with Gasteiger partial charge in [-0.2, -0.15) is 0 Å². The third-order valence-corrected chi connectivity index (χ3v) is 6.47. The SMILES string of the molecule is CC1(C)c2cc3ccccc3cc2C(C)(C)c2cc3ccccc3cc21. The highest BCUT2D eigenvalue weighted by molar-refractivity contribution is 5.89. The molecule has 0 aromatic heterocycles. The fourth-order valence-electron chi connectivity index (χ4n) is 4.84. The predicted molar refractivity (Wildman–Crippen MR) is 112 cm³/mol. The lowest BCUT2D eigenvalue weighted by Gasteiger charge is -2.44. The molecule has 0 saturated heterocycles. The van der Waals surface area contributed by atoms with Gasteiger partial charge in [0.05, 0.1) is 0 Å². The van der Waals surface area contributed by atoms with Gasteiger partial charge in [-0.25, -0.2) is 0 Å². The minimum absolute atomic E-state index is 0.00570. The maximum atomic E-state index is 2.42. The zero-order chi connectivity index (χ0) is 18.1. The Bertz CT molecular complexity index is 991. The van der Waals surface area contributed by atoms with Gasteiger partial charge in [-0.1, -0.05) is 76.2 Å². The Morgan fingerprint density at radius 1 is 0.423 bits per heavy atom. The zero-order valence-electron chi connectivity index (χ0n) is 15.9. The van der Waals surface area contributed by atoms with Crippen LogP contribution in [0.4, 0.5) is 0 Å². The maximum Gasteiger partial charge on any atom is 0.0153 e. The molecule has 0 aliphatic heterocycles. The van der Waals surface area contributed by atoms with Gasteiger partial charge in [-0.3, -0.25) is 0 Å². The molecule has 0 heteroatoms. The van der Waals surface area contributed by atoms with Gasteiger partial charge in [0.2, 0.25) is 0 Å². The number of hydrogen-bond donors (Lipinski definition) is 0. The molecule has 0 amide bonds. The highest BCUT2D eigenvalue weighted by Gasteiger charge is 2.41. The Morgan fingerprint density at radius 2 is 0.654 bits per heavy atom. The summed E-state index contributed by atoms with van der Waals surface area (Å²) in [7, 11) is 0. The van der Waals surface area contributed by atoms with Crippen LogP contribution in [0.1, 0.15) is 49.9 Å². The van der Waals surface area contributed by atoms with Gasteiger partial charge in [-0.05, 0) is 68.1 Å². The van der Waals surface area contributed by atoms with Crippen molar-refractivity contribution in [3.63, 3.8) is 0 Å². The van der Waals surface area contributed by atoms with Crippen molar-refractivity contribution >= 4 is 21.5 Å². The molecule has 1 aliphatic rings. The summed E-state index contributed by atoms with van der Waals surface area (Å²) in [6.45, 7) is 9.51. The van der Waals surface area contributed by atoms with E-state index in [4.69, 9.17) is 0 Å². The van der Waals surface area contributed by atoms with Crippen molar-refractivity contribution in [3.8, 4) is 0 Å². The van der Waals surface area contributed by atoms with Crippen molar-refractivity contribution in [2.24, 2.45) is 0 Å². The Hall–Kier alpha value is -2.60. The van der Waals surface area contributed by atoms with E-state index in [2.05, 4.69) is 100 Å². The van der Waals surface area contributed by atoms with Crippen molar-refractivity contribution in [3.05, 3.63) is 95.1 Å². The van der Waals surface area contributed by atoms with E-state index in [-0.39, 0.29) is 10.8 Å². The van der Waals surface area contributed by atoms with Gasteiger partial charge < -0.3 is 0 Å². The van der Waals surface area contributed by atoms with Crippen LogP contribution in [-0.4, -0.2) is 0 Å². The maximum absolute atomic E-state index is 2.42. The minimum Gasteiger partial charge on any atom is -0.0616 e. The van der Waals surface area contributed by atoms with Crippen molar-refractivity contribution in [2.75, 3.05) is 0 Å². The fraction of sp³-hybridized carbons (Fsp3) is 0.231. The summed E-state index contributed by atoms with van der Waals surface area (Å²) in [5.41, 5.74) is 5.84. The molecule has 0 radical (unpaired) electrons. The molecule has 4 aromatic carbocycles. The molecule has 0 heterocycles. The molecule has 0 nitrogen and oxygen atoms in total. The summed E-state index contributed by atoms with van der Waals surface area (Å²) < 4.78 is 0. The van der Waals surface area contributed by atoms with Gasteiger partial charge in [-0.15, -0.1) is 0 Å². The molecule has 0 bridgehead atoms. The third-order valence-electron chi connectivity index (χ3n) is 6.47. The monoisotopic (exact) mass is 336 g/mol. The molecule has 0 atom stereocenters. The minimum atomic E-state index is -0.00570. The first kappa shape index (κ1) is 15.6. The Morgan fingerprint density at radius 3 is 0.885 bits per heavy atom. The molecule has 128 valence electrons. The summed E-state index contributed by atoms with van der Waals surface area (Å²) in [4.78, 5) is 0. The summed E-state index contributed by atoms with van der Waals surface area (Å²) in [6, 6.07) is 27.2. The van der Waals surface area contributed by atoms with Crippen LogP contribution in [0.3, 0.4) is 0 Å². The van der Waals surface area contributed by atoms with Crippen LogP contribution >= 0.6 is 0 Å². The van der Waals surface area contributed by atoms with E-state index in [1.54, 1.807) is 0 Å². The predicted octanol–water partition coefficient (Wildman–Crippen LogP) is 6.96. The van der Waals surface area contributed by atoms with Gasteiger partial charge in [0.1, 0.15) is 0 Å². The number of benzene rings is 4. The van der Waals surface area contributed by atoms with Crippen LogP contribution in [-0.2, 0) is 10.8 Å². The molecule has 0 unspecified atom stereocenters. The van der Waals surface area contributed by atoms with Crippen LogP contribution in [0.15, 0.2) is 72.8 Å². The molecule has 0 fully saturated rings. The van der Waals surface area contributed by atoms with Crippen LogP contribution in [0, 0.1) is 0 Å². The normalized spacial score (nSPS) is 17.1. The first-order valence-electron chi connectivity index (χ1n) is 9.46. The van der Waals surface area contributed by atoms with Crippen LogP contribution in [0.5, 0.6) is 0 Å². The summed E-state index contributed by atoms with van der Waals surface area (Å²) in [5, 5.41) is 5.33. The van der Waals surface area contributed by atoms with Crippen molar-refractivity contribution < 1.29 is 0 Å². The summed E-state index contributed by atoms with van der Waals surface area (Å²) >= 11 is 0. The molecular formula is C26H24. The van der Waals surface area contributed by atoms with E-state index in [1.165, 1.54) is 43.8 Å². The Kier molecular flexibility index (Phi) is 2.99. The first-order valence-corrected chi connectivity index (χ1v) is 9.46. The average Bonchev–Trinajstić information content (AvgIpc) is 2.65. The van der Waals surface area contributed by atoms with Crippen molar-refractivity contribution in [1.29, 1.82) is 0 Å². The van der Waals surface area contributed by atoms with Gasteiger partial charge >= 0.3 is 0 Å². The molecule has 26 heavy (non-hydrogen) atoms. The van der Waals surface area contributed by atoms with E-state index < -0.39 is 0 Å². The van der Waals surface area contributed by atoms with Gasteiger partial charge in [0.25, 0.3) is 0 Å². The van der Waals surface area contributed by atoms with Crippen LogP contribution < -0.4 is 0 Å². The lowest BCUT2D eigenvalue weighted by atomic mass is 9.59. The van der Waals surface area contributed by atoms with E-state index in [0.717, 1.165) is 0 Å².